The van der Waals surface area contributed by atoms with E-state index in [9.17, 15) is 4.79 Å². The van der Waals surface area contributed by atoms with Gasteiger partial charge < -0.3 is 15.4 Å². The van der Waals surface area contributed by atoms with Crippen molar-refractivity contribution in [3.63, 3.8) is 0 Å². The Labute approximate surface area is 144 Å². The first-order chi connectivity index (χ1) is 11.7. The number of morpholine rings is 1. The van der Waals surface area contributed by atoms with E-state index in [0.29, 0.717) is 12.3 Å². The summed E-state index contributed by atoms with van der Waals surface area (Å²) in [6.07, 6.45) is 2.79. The lowest BCUT2D eigenvalue weighted by Gasteiger charge is -2.36. The maximum Gasteiger partial charge on any atom is 0.239 e. The third kappa shape index (κ3) is 4.79. The summed E-state index contributed by atoms with van der Waals surface area (Å²) in [7, 11) is 0. The van der Waals surface area contributed by atoms with Crippen LogP contribution in [0.5, 0.6) is 0 Å². The number of carbonyl (C=O) groups excluding carboxylic acids is 1. The van der Waals surface area contributed by atoms with Crippen molar-refractivity contribution in [1.29, 1.82) is 0 Å². The van der Waals surface area contributed by atoms with Crippen LogP contribution < -0.4 is 5.73 Å². The number of hydrogen-bond acceptors (Lipinski definition) is 4. The van der Waals surface area contributed by atoms with Gasteiger partial charge in [-0.15, -0.1) is 0 Å². The minimum absolute atomic E-state index is 0.101. The van der Waals surface area contributed by atoms with Crippen molar-refractivity contribution in [2.75, 3.05) is 45.9 Å². The molecule has 5 nitrogen and oxygen atoms in total. The molecule has 2 aliphatic rings. The van der Waals surface area contributed by atoms with E-state index in [4.69, 9.17) is 10.5 Å². The molecule has 0 saturated carbocycles. The molecule has 0 spiro atoms. The fourth-order valence-corrected chi connectivity index (χ4v) is 3.67. The normalized spacial score (nSPS) is 21.6. The Morgan fingerprint density at radius 3 is 2.46 bits per heavy atom. The predicted octanol–water partition coefficient (Wildman–Crippen LogP) is 1.13. The van der Waals surface area contributed by atoms with Gasteiger partial charge in [-0.3, -0.25) is 9.69 Å². The molecule has 1 aromatic rings. The van der Waals surface area contributed by atoms with Gasteiger partial charge in [-0.2, -0.15) is 0 Å². The summed E-state index contributed by atoms with van der Waals surface area (Å²) in [5, 5.41) is 0. The highest BCUT2D eigenvalue weighted by atomic mass is 16.5. The second-order valence-corrected chi connectivity index (χ2v) is 6.98. The van der Waals surface area contributed by atoms with E-state index in [2.05, 4.69) is 4.90 Å². The molecule has 2 saturated heterocycles. The molecule has 2 fully saturated rings. The predicted molar refractivity (Wildman–Crippen MR) is 94.7 cm³/mol. The van der Waals surface area contributed by atoms with Gasteiger partial charge in [0, 0.05) is 32.7 Å². The Bertz CT molecular complexity index is 509. The summed E-state index contributed by atoms with van der Waals surface area (Å²) in [5.41, 5.74) is 7.28. The summed E-state index contributed by atoms with van der Waals surface area (Å²) in [4.78, 5) is 17.0. The molecule has 2 N–H and O–H groups in total. The van der Waals surface area contributed by atoms with Crippen LogP contribution in [0.3, 0.4) is 0 Å². The number of ether oxygens (including phenoxy) is 1. The van der Waals surface area contributed by atoms with Crippen molar-refractivity contribution in [2.45, 2.75) is 25.3 Å². The van der Waals surface area contributed by atoms with Crippen LogP contribution in [0.2, 0.25) is 0 Å². The van der Waals surface area contributed by atoms with Crippen molar-refractivity contribution >= 4 is 5.91 Å². The molecule has 0 aliphatic carbocycles. The van der Waals surface area contributed by atoms with Crippen LogP contribution in [0.15, 0.2) is 30.3 Å². The van der Waals surface area contributed by atoms with Crippen LogP contribution in [0, 0.1) is 5.92 Å². The first-order valence-corrected chi connectivity index (χ1v) is 9.11. The van der Waals surface area contributed by atoms with Gasteiger partial charge in [0.25, 0.3) is 0 Å². The van der Waals surface area contributed by atoms with E-state index in [1.54, 1.807) is 0 Å². The SMILES string of the molecule is NC(Cc1ccccc1)C(=O)N1CCC(CN2CCOCC2)CC1. The molecule has 132 valence electrons. The molecule has 1 aromatic carbocycles. The van der Waals surface area contributed by atoms with E-state index in [0.717, 1.165) is 64.3 Å². The number of piperidine rings is 1. The zero-order chi connectivity index (χ0) is 16.8. The Balaban J connectivity index is 1.42. The van der Waals surface area contributed by atoms with Gasteiger partial charge >= 0.3 is 0 Å². The summed E-state index contributed by atoms with van der Waals surface area (Å²) in [6.45, 7) is 6.62. The van der Waals surface area contributed by atoms with Crippen LogP contribution in [-0.2, 0) is 16.0 Å². The molecule has 5 heteroatoms. The van der Waals surface area contributed by atoms with E-state index in [1.165, 1.54) is 0 Å². The molecule has 24 heavy (non-hydrogen) atoms. The smallest absolute Gasteiger partial charge is 0.239 e. The minimum atomic E-state index is -0.428. The van der Waals surface area contributed by atoms with Crippen molar-refractivity contribution in [3.8, 4) is 0 Å². The molecule has 0 radical (unpaired) electrons. The maximum atomic E-state index is 12.6. The highest BCUT2D eigenvalue weighted by Gasteiger charge is 2.27. The molecule has 0 bridgehead atoms. The van der Waals surface area contributed by atoms with Gasteiger partial charge in [0.2, 0.25) is 5.91 Å². The standard InChI is InChI=1S/C19H29N3O2/c20-18(14-16-4-2-1-3-5-16)19(23)22-8-6-17(7-9-22)15-21-10-12-24-13-11-21/h1-5,17-18H,6-15,20H2. The highest BCUT2D eigenvalue weighted by Crippen LogP contribution is 2.20. The number of carbonyl (C=O) groups is 1. The zero-order valence-electron chi connectivity index (χ0n) is 14.4. The molecule has 2 heterocycles. The average molecular weight is 331 g/mol. The molecule has 1 atom stereocenters. The van der Waals surface area contributed by atoms with Gasteiger partial charge in [-0.05, 0) is 30.7 Å². The Morgan fingerprint density at radius 2 is 1.79 bits per heavy atom. The van der Waals surface area contributed by atoms with Gasteiger partial charge in [0.05, 0.1) is 19.3 Å². The molecular formula is C19H29N3O2. The fraction of sp³-hybridized carbons (Fsp3) is 0.632. The first kappa shape index (κ1) is 17.4. The lowest BCUT2D eigenvalue weighted by molar-refractivity contribution is -0.134. The number of nitrogens with two attached hydrogens (primary N) is 1. The summed E-state index contributed by atoms with van der Waals surface area (Å²) in [6, 6.07) is 9.59. The maximum absolute atomic E-state index is 12.6. The van der Waals surface area contributed by atoms with Crippen LogP contribution in [0.1, 0.15) is 18.4 Å². The molecule has 1 amide bonds. The number of benzene rings is 1. The Morgan fingerprint density at radius 1 is 1.12 bits per heavy atom. The summed E-state index contributed by atoms with van der Waals surface area (Å²) >= 11 is 0. The van der Waals surface area contributed by atoms with Gasteiger partial charge in [0.1, 0.15) is 0 Å². The molecule has 0 aromatic heterocycles. The van der Waals surface area contributed by atoms with Crippen LogP contribution >= 0.6 is 0 Å². The topological polar surface area (TPSA) is 58.8 Å². The third-order valence-electron chi connectivity index (χ3n) is 5.16. The van der Waals surface area contributed by atoms with E-state index in [1.807, 2.05) is 35.2 Å². The number of nitrogens with zero attached hydrogens (tertiary/aromatic N) is 2. The number of amides is 1. The van der Waals surface area contributed by atoms with Crippen LogP contribution in [0.25, 0.3) is 0 Å². The van der Waals surface area contributed by atoms with Crippen LogP contribution in [-0.4, -0.2) is 67.7 Å². The largest absolute Gasteiger partial charge is 0.379 e. The van der Waals surface area contributed by atoms with Gasteiger partial charge in [-0.1, -0.05) is 30.3 Å². The van der Waals surface area contributed by atoms with Crippen molar-refractivity contribution in [3.05, 3.63) is 35.9 Å². The first-order valence-electron chi connectivity index (χ1n) is 9.11. The number of likely N-dealkylation sites (tertiary alicyclic amines) is 1. The molecule has 2 aliphatic heterocycles. The van der Waals surface area contributed by atoms with Crippen molar-refractivity contribution < 1.29 is 9.53 Å². The average Bonchev–Trinajstić information content (AvgIpc) is 2.63. The highest BCUT2D eigenvalue weighted by molar-refractivity contribution is 5.82. The molecule has 3 rings (SSSR count). The zero-order valence-corrected chi connectivity index (χ0v) is 14.4. The lowest BCUT2D eigenvalue weighted by atomic mass is 9.95. The summed E-state index contributed by atoms with van der Waals surface area (Å²) in [5.74, 6) is 0.793. The number of hydrogen-bond donors (Lipinski definition) is 1. The second-order valence-electron chi connectivity index (χ2n) is 6.98. The van der Waals surface area contributed by atoms with Crippen molar-refractivity contribution in [2.24, 2.45) is 11.7 Å². The summed E-state index contributed by atoms with van der Waals surface area (Å²) < 4.78 is 5.40. The molecule has 1 unspecified atom stereocenters. The quantitative estimate of drug-likeness (QED) is 0.879. The Kier molecular flexibility index (Phi) is 6.24. The van der Waals surface area contributed by atoms with E-state index in [-0.39, 0.29) is 5.91 Å². The fourth-order valence-electron chi connectivity index (χ4n) is 3.67. The van der Waals surface area contributed by atoms with E-state index >= 15 is 0 Å². The third-order valence-corrected chi connectivity index (χ3v) is 5.16. The lowest BCUT2D eigenvalue weighted by Crippen LogP contribution is -2.49. The van der Waals surface area contributed by atoms with Crippen molar-refractivity contribution in [1.82, 2.24) is 9.80 Å². The van der Waals surface area contributed by atoms with E-state index < -0.39 is 6.04 Å². The minimum Gasteiger partial charge on any atom is -0.379 e. The number of rotatable bonds is 5. The van der Waals surface area contributed by atoms with Gasteiger partial charge in [-0.25, -0.2) is 0 Å². The monoisotopic (exact) mass is 331 g/mol. The Hall–Kier alpha value is -1.43. The van der Waals surface area contributed by atoms with Crippen LogP contribution in [0.4, 0.5) is 0 Å². The second kappa shape index (κ2) is 8.60. The molecular weight excluding hydrogens is 302 g/mol. The van der Waals surface area contributed by atoms with Gasteiger partial charge in [0.15, 0.2) is 0 Å².